The minimum Gasteiger partial charge on any atom is -0.391 e. The first-order chi connectivity index (χ1) is 7.24. The molecule has 0 aromatic heterocycles. The molecule has 1 fully saturated rings. The first kappa shape index (κ1) is 10.4. The first-order valence-electron chi connectivity index (χ1n) is 5.38. The third-order valence-electron chi connectivity index (χ3n) is 2.82. The third kappa shape index (κ3) is 2.89. The number of hydrogen-bond donors (Lipinski definition) is 0. The molecule has 2 aliphatic rings. The lowest BCUT2D eigenvalue weighted by Crippen LogP contribution is -2.43. The van der Waals surface area contributed by atoms with Crippen LogP contribution in [-0.2, 0) is 14.3 Å². The molecule has 1 aliphatic carbocycles. The fourth-order valence-corrected chi connectivity index (χ4v) is 2.04. The Labute approximate surface area is 88.9 Å². The lowest BCUT2D eigenvalue weighted by molar-refractivity contribution is -0.166. The van der Waals surface area contributed by atoms with Gasteiger partial charge in [-0.2, -0.15) is 0 Å². The summed E-state index contributed by atoms with van der Waals surface area (Å²) < 4.78 is 4.45. The quantitative estimate of drug-likeness (QED) is 0.393. The number of carbonyl (C=O) groups excluding carboxylic acids is 2. The Morgan fingerprint density at radius 1 is 1.27 bits per heavy atom. The van der Waals surface area contributed by atoms with Gasteiger partial charge in [0.2, 0.25) is 0 Å². The van der Waals surface area contributed by atoms with Crippen molar-refractivity contribution in [1.29, 1.82) is 0 Å². The topological polar surface area (TPSA) is 46.6 Å². The van der Waals surface area contributed by atoms with Crippen LogP contribution in [0.5, 0.6) is 0 Å². The zero-order valence-corrected chi connectivity index (χ0v) is 8.70. The fraction of sp³-hybridized carbons (Fsp3) is 0.636. The third-order valence-corrected chi connectivity index (χ3v) is 2.82. The van der Waals surface area contributed by atoms with E-state index in [1.165, 1.54) is 24.8 Å². The fourth-order valence-electron chi connectivity index (χ4n) is 2.04. The number of ether oxygens (including phenoxy) is 1. The average Bonchev–Trinajstić information content (AvgIpc) is 2.65. The number of allylic oxidation sites excluding steroid dienone is 1. The van der Waals surface area contributed by atoms with E-state index in [2.05, 4.69) is 10.8 Å². The zero-order chi connectivity index (χ0) is 10.7. The Morgan fingerprint density at radius 3 is 2.60 bits per heavy atom. The van der Waals surface area contributed by atoms with Crippen molar-refractivity contribution in [2.45, 2.75) is 25.7 Å². The van der Waals surface area contributed by atoms with Gasteiger partial charge < -0.3 is 4.74 Å². The molecule has 0 bridgehead atoms. The summed E-state index contributed by atoms with van der Waals surface area (Å²) in [5.41, 5.74) is 1.46. The standard InChI is InChI=1S/C11H15NO3/c13-10-7-12(8-11(14)15-10)6-5-9-3-1-2-4-9/h3H,1-2,4-8H2. The van der Waals surface area contributed by atoms with E-state index in [4.69, 9.17) is 0 Å². The summed E-state index contributed by atoms with van der Waals surface area (Å²) in [6.45, 7) is 1.28. The maximum absolute atomic E-state index is 11.0. The molecule has 15 heavy (non-hydrogen) atoms. The van der Waals surface area contributed by atoms with Crippen LogP contribution in [0.2, 0.25) is 0 Å². The minimum atomic E-state index is -0.424. The summed E-state index contributed by atoms with van der Waals surface area (Å²) in [6, 6.07) is 0. The van der Waals surface area contributed by atoms with Crippen molar-refractivity contribution in [2.75, 3.05) is 19.6 Å². The Hall–Kier alpha value is -1.16. The summed E-state index contributed by atoms with van der Waals surface area (Å²) in [7, 11) is 0. The molecule has 0 N–H and O–H groups in total. The van der Waals surface area contributed by atoms with Crippen molar-refractivity contribution < 1.29 is 14.3 Å². The molecule has 0 aromatic rings. The molecule has 1 saturated heterocycles. The second-order valence-corrected chi connectivity index (χ2v) is 4.06. The van der Waals surface area contributed by atoms with Gasteiger partial charge in [0.25, 0.3) is 0 Å². The van der Waals surface area contributed by atoms with Gasteiger partial charge in [-0.1, -0.05) is 11.6 Å². The highest BCUT2D eigenvalue weighted by molar-refractivity contribution is 5.90. The molecular weight excluding hydrogens is 194 g/mol. The Balaban J connectivity index is 1.78. The van der Waals surface area contributed by atoms with Gasteiger partial charge in [-0.3, -0.25) is 14.5 Å². The molecule has 0 radical (unpaired) electrons. The number of esters is 2. The maximum atomic E-state index is 11.0. The molecular formula is C11H15NO3. The van der Waals surface area contributed by atoms with Crippen LogP contribution in [0, 0.1) is 0 Å². The highest BCUT2D eigenvalue weighted by Crippen LogP contribution is 2.20. The van der Waals surface area contributed by atoms with E-state index >= 15 is 0 Å². The van der Waals surface area contributed by atoms with Gasteiger partial charge in [-0.15, -0.1) is 0 Å². The molecule has 0 spiro atoms. The van der Waals surface area contributed by atoms with Gasteiger partial charge in [0.05, 0.1) is 13.1 Å². The highest BCUT2D eigenvalue weighted by Gasteiger charge is 2.24. The molecule has 0 saturated carbocycles. The van der Waals surface area contributed by atoms with Crippen molar-refractivity contribution in [3.8, 4) is 0 Å². The second kappa shape index (κ2) is 4.57. The molecule has 0 atom stereocenters. The van der Waals surface area contributed by atoms with Crippen LogP contribution >= 0.6 is 0 Å². The number of cyclic esters (lactones) is 2. The molecule has 0 unspecified atom stereocenters. The summed E-state index contributed by atoms with van der Waals surface area (Å²) in [5, 5.41) is 0. The smallest absolute Gasteiger partial charge is 0.327 e. The molecule has 2 rings (SSSR count). The summed E-state index contributed by atoms with van der Waals surface area (Å²) in [6.07, 6.45) is 6.84. The molecule has 82 valence electrons. The van der Waals surface area contributed by atoms with E-state index in [0.29, 0.717) is 0 Å². The highest BCUT2D eigenvalue weighted by atomic mass is 16.6. The van der Waals surface area contributed by atoms with Crippen LogP contribution in [0.1, 0.15) is 25.7 Å². The van der Waals surface area contributed by atoms with E-state index in [9.17, 15) is 9.59 Å². The Kier molecular flexibility index (Phi) is 3.16. The second-order valence-electron chi connectivity index (χ2n) is 4.06. The van der Waals surface area contributed by atoms with E-state index < -0.39 is 11.9 Å². The average molecular weight is 209 g/mol. The number of carbonyl (C=O) groups is 2. The van der Waals surface area contributed by atoms with Crippen LogP contribution in [0.3, 0.4) is 0 Å². The van der Waals surface area contributed by atoms with Gasteiger partial charge in [0.15, 0.2) is 0 Å². The van der Waals surface area contributed by atoms with Gasteiger partial charge in [0, 0.05) is 6.54 Å². The van der Waals surface area contributed by atoms with E-state index in [-0.39, 0.29) is 13.1 Å². The van der Waals surface area contributed by atoms with Crippen molar-refractivity contribution in [2.24, 2.45) is 0 Å². The van der Waals surface area contributed by atoms with Crippen LogP contribution in [0.15, 0.2) is 11.6 Å². The lowest BCUT2D eigenvalue weighted by Gasteiger charge is -2.24. The van der Waals surface area contributed by atoms with E-state index in [1.807, 2.05) is 4.90 Å². The zero-order valence-electron chi connectivity index (χ0n) is 8.70. The number of nitrogens with zero attached hydrogens (tertiary/aromatic N) is 1. The molecule has 0 amide bonds. The molecule has 4 nitrogen and oxygen atoms in total. The first-order valence-corrected chi connectivity index (χ1v) is 5.38. The van der Waals surface area contributed by atoms with E-state index in [0.717, 1.165) is 13.0 Å². The van der Waals surface area contributed by atoms with Crippen molar-refractivity contribution in [1.82, 2.24) is 4.90 Å². The Bertz CT molecular complexity index is 293. The maximum Gasteiger partial charge on any atom is 0.327 e. The lowest BCUT2D eigenvalue weighted by atomic mass is 10.1. The molecule has 4 heteroatoms. The largest absolute Gasteiger partial charge is 0.391 e. The minimum absolute atomic E-state index is 0.249. The van der Waals surface area contributed by atoms with Gasteiger partial charge in [-0.05, 0) is 25.7 Å². The number of hydrogen-bond acceptors (Lipinski definition) is 4. The Morgan fingerprint density at radius 2 is 2.00 bits per heavy atom. The van der Waals surface area contributed by atoms with Crippen LogP contribution in [0.25, 0.3) is 0 Å². The van der Waals surface area contributed by atoms with Crippen molar-refractivity contribution in [3.63, 3.8) is 0 Å². The molecule has 1 aliphatic heterocycles. The summed E-state index contributed by atoms with van der Waals surface area (Å²) in [5.74, 6) is -0.849. The van der Waals surface area contributed by atoms with Crippen molar-refractivity contribution in [3.05, 3.63) is 11.6 Å². The summed E-state index contributed by atoms with van der Waals surface area (Å²) in [4.78, 5) is 23.8. The van der Waals surface area contributed by atoms with Gasteiger partial charge in [0.1, 0.15) is 0 Å². The van der Waals surface area contributed by atoms with E-state index in [1.54, 1.807) is 0 Å². The SMILES string of the molecule is O=C1CN(CCC2=CCCC2)CC(=O)O1. The number of rotatable bonds is 3. The summed E-state index contributed by atoms with van der Waals surface area (Å²) >= 11 is 0. The predicted molar refractivity (Wildman–Crippen MR) is 54.1 cm³/mol. The van der Waals surface area contributed by atoms with Crippen LogP contribution < -0.4 is 0 Å². The number of morpholine rings is 1. The normalized spacial score (nSPS) is 22.8. The molecule has 0 aromatic carbocycles. The monoisotopic (exact) mass is 209 g/mol. The predicted octanol–water partition coefficient (Wildman–Crippen LogP) is 0.872. The van der Waals surface area contributed by atoms with Gasteiger partial charge >= 0.3 is 11.9 Å². The van der Waals surface area contributed by atoms with Crippen LogP contribution in [0.4, 0.5) is 0 Å². The molecule has 1 heterocycles. The van der Waals surface area contributed by atoms with Crippen molar-refractivity contribution >= 4 is 11.9 Å². The van der Waals surface area contributed by atoms with Crippen LogP contribution in [-0.4, -0.2) is 36.5 Å². The van der Waals surface area contributed by atoms with Gasteiger partial charge in [-0.25, -0.2) is 0 Å².